The number of anilines is 2. The summed E-state index contributed by atoms with van der Waals surface area (Å²) in [6.45, 7) is 3.21. The summed E-state index contributed by atoms with van der Waals surface area (Å²) in [5, 5.41) is 0.331. The van der Waals surface area contributed by atoms with Crippen LogP contribution in [0.3, 0.4) is 0 Å². The van der Waals surface area contributed by atoms with Crippen molar-refractivity contribution in [3.05, 3.63) is 23.8 Å². The molecule has 1 aromatic heterocycles. The molecule has 3 rings (SSSR count). The van der Waals surface area contributed by atoms with E-state index in [1.165, 1.54) is 11.8 Å². The number of fused-ring (bicyclic) bond motifs is 1. The second kappa shape index (κ2) is 7.43. The molecule has 1 aliphatic rings. The molecule has 2 aromatic rings. The summed E-state index contributed by atoms with van der Waals surface area (Å²) in [5.74, 6) is 1.64. The Labute approximate surface area is 148 Å². The molecule has 9 nitrogen and oxygen atoms in total. The van der Waals surface area contributed by atoms with Crippen molar-refractivity contribution in [3.63, 3.8) is 0 Å². The summed E-state index contributed by atoms with van der Waals surface area (Å²) in [7, 11) is 0. The van der Waals surface area contributed by atoms with E-state index >= 15 is 0 Å². The zero-order chi connectivity index (χ0) is 17.8. The van der Waals surface area contributed by atoms with Crippen LogP contribution >= 0.6 is 11.8 Å². The summed E-state index contributed by atoms with van der Waals surface area (Å²) in [6, 6.07) is 5.66. The van der Waals surface area contributed by atoms with Gasteiger partial charge < -0.3 is 25.8 Å². The van der Waals surface area contributed by atoms with Crippen molar-refractivity contribution in [3.8, 4) is 11.5 Å². The fraction of sp³-hybridized carbons (Fsp3) is 0.333. The Morgan fingerprint density at radius 3 is 2.64 bits per heavy atom. The normalized spacial score (nSPS) is 12.2. The lowest BCUT2D eigenvalue weighted by molar-refractivity contribution is -0.128. The lowest BCUT2D eigenvalue weighted by atomic mass is 10.2. The molecule has 10 heteroatoms. The minimum Gasteiger partial charge on any atom is -0.454 e. The van der Waals surface area contributed by atoms with E-state index in [0.717, 1.165) is 11.3 Å². The van der Waals surface area contributed by atoms with E-state index in [-0.39, 0.29) is 30.3 Å². The molecule has 0 saturated carbocycles. The van der Waals surface area contributed by atoms with Crippen molar-refractivity contribution in [2.75, 3.05) is 30.6 Å². The number of carbonyl (C=O) groups is 1. The first-order chi connectivity index (χ1) is 12.0. The van der Waals surface area contributed by atoms with Gasteiger partial charge in [-0.1, -0.05) is 17.8 Å². The molecule has 2 heterocycles. The molecule has 1 amide bonds. The first-order valence-corrected chi connectivity index (χ1v) is 8.60. The van der Waals surface area contributed by atoms with E-state index in [4.69, 9.17) is 20.9 Å². The maximum absolute atomic E-state index is 12.5. The highest BCUT2D eigenvalue weighted by Crippen LogP contribution is 2.32. The third-order valence-corrected chi connectivity index (χ3v) is 4.35. The zero-order valence-corrected chi connectivity index (χ0v) is 14.5. The van der Waals surface area contributed by atoms with Gasteiger partial charge in [0.2, 0.25) is 24.6 Å². The number of benzene rings is 1. The van der Waals surface area contributed by atoms with Gasteiger partial charge in [0.15, 0.2) is 16.7 Å². The molecule has 0 saturated heterocycles. The Hall–Kier alpha value is -2.75. The minimum absolute atomic E-state index is 0.0372. The van der Waals surface area contributed by atoms with E-state index in [0.29, 0.717) is 24.0 Å². The van der Waals surface area contributed by atoms with Crippen LogP contribution in [0.15, 0.2) is 23.4 Å². The van der Waals surface area contributed by atoms with Gasteiger partial charge in [-0.2, -0.15) is 15.0 Å². The van der Waals surface area contributed by atoms with Gasteiger partial charge in [-0.05, 0) is 24.6 Å². The highest BCUT2D eigenvalue weighted by atomic mass is 32.2. The van der Waals surface area contributed by atoms with Gasteiger partial charge in [0.05, 0.1) is 5.75 Å². The van der Waals surface area contributed by atoms with E-state index in [1.807, 2.05) is 25.1 Å². The number of nitrogens with zero attached hydrogens (tertiary/aromatic N) is 4. The molecule has 0 atom stereocenters. The molecule has 4 N–H and O–H groups in total. The summed E-state index contributed by atoms with van der Waals surface area (Å²) in [4.78, 5) is 25.8. The summed E-state index contributed by atoms with van der Waals surface area (Å²) < 4.78 is 10.7. The summed E-state index contributed by atoms with van der Waals surface area (Å²) >= 11 is 1.17. The van der Waals surface area contributed by atoms with Gasteiger partial charge in [0.25, 0.3) is 0 Å². The third-order valence-electron chi connectivity index (χ3n) is 3.52. The number of hydrogen-bond donors (Lipinski definition) is 2. The SMILES string of the molecule is CCN(Cc1ccc2c(c1)OCO2)C(=O)CSc1nc(N)nc(N)n1. The number of hydrogen-bond acceptors (Lipinski definition) is 9. The van der Waals surface area contributed by atoms with E-state index in [2.05, 4.69) is 15.0 Å². The van der Waals surface area contributed by atoms with Crippen molar-refractivity contribution in [1.82, 2.24) is 19.9 Å². The monoisotopic (exact) mass is 362 g/mol. The Bertz CT molecular complexity index is 768. The van der Waals surface area contributed by atoms with E-state index in [9.17, 15) is 4.79 Å². The molecule has 0 radical (unpaired) electrons. The van der Waals surface area contributed by atoms with E-state index < -0.39 is 0 Å². The molecule has 0 fully saturated rings. The number of thioether (sulfide) groups is 1. The van der Waals surface area contributed by atoms with Gasteiger partial charge >= 0.3 is 0 Å². The number of carbonyl (C=O) groups excluding carboxylic acids is 1. The molecular formula is C15H18N6O3S. The maximum Gasteiger partial charge on any atom is 0.233 e. The first kappa shape index (κ1) is 17.1. The van der Waals surface area contributed by atoms with Crippen molar-refractivity contribution < 1.29 is 14.3 Å². The van der Waals surface area contributed by atoms with Crippen LogP contribution in [0, 0.1) is 0 Å². The molecule has 0 aliphatic carbocycles. The van der Waals surface area contributed by atoms with E-state index in [1.54, 1.807) is 4.90 Å². The number of aromatic nitrogens is 3. The van der Waals surface area contributed by atoms with Crippen molar-refractivity contribution in [2.24, 2.45) is 0 Å². The van der Waals surface area contributed by atoms with Gasteiger partial charge in [-0.15, -0.1) is 0 Å². The highest BCUT2D eigenvalue weighted by Gasteiger charge is 2.17. The largest absolute Gasteiger partial charge is 0.454 e. The van der Waals surface area contributed by atoms with Crippen molar-refractivity contribution >= 4 is 29.6 Å². The second-order valence-electron chi connectivity index (χ2n) is 5.22. The average molecular weight is 362 g/mol. The summed E-state index contributed by atoms with van der Waals surface area (Å²) in [6.07, 6.45) is 0. The molecule has 1 aliphatic heterocycles. The quantitative estimate of drug-likeness (QED) is 0.720. The number of amides is 1. The van der Waals surface area contributed by atoms with Crippen LogP contribution in [0.5, 0.6) is 11.5 Å². The van der Waals surface area contributed by atoms with Gasteiger partial charge in [0.1, 0.15) is 0 Å². The van der Waals surface area contributed by atoms with Crippen LogP contribution in [0.4, 0.5) is 11.9 Å². The molecule has 0 unspecified atom stereocenters. The van der Waals surface area contributed by atoms with Crippen LogP contribution in [0.25, 0.3) is 0 Å². The van der Waals surface area contributed by atoms with Gasteiger partial charge in [0, 0.05) is 13.1 Å². The Kier molecular flexibility index (Phi) is 5.08. The minimum atomic E-state index is -0.0391. The lowest BCUT2D eigenvalue weighted by Crippen LogP contribution is -2.31. The van der Waals surface area contributed by atoms with Crippen LogP contribution in [0.2, 0.25) is 0 Å². The van der Waals surface area contributed by atoms with Gasteiger partial charge in [-0.25, -0.2) is 0 Å². The van der Waals surface area contributed by atoms with Gasteiger partial charge in [-0.3, -0.25) is 4.79 Å². The standard InChI is InChI=1S/C15H18N6O3S/c1-2-21(6-9-3-4-10-11(5-9)24-8-23-10)12(22)7-25-15-19-13(16)18-14(17)20-15/h3-5H,2,6-8H2,1H3,(H4,16,17,18,19,20). The number of nitrogen functional groups attached to an aromatic ring is 2. The molecule has 25 heavy (non-hydrogen) atoms. The predicted octanol–water partition coefficient (Wildman–Crippen LogP) is 0.905. The van der Waals surface area contributed by atoms with Crippen LogP contribution in [-0.4, -0.2) is 44.8 Å². The number of ether oxygens (including phenoxy) is 2. The van der Waals surface area contributed by atoms with Crippen LogP contribution in [-0.2, 0) is 11.3 Å². The lowest BCUT2D eigenvalue weighted by Gasteiger charge is -2.21. The van der Waals surface area contributed by atoms with Crippen LogP contribution < -0.4 is 20.9 Å². The average Bonchev–Trinajstić information content (AvgIpc) is 3.04. The predicted molar refractivity (Wildman–Crippen MR) is 93.0 cm³/mol. The Balaban J connectivity index is 1.61. The number of nitrogens with two attached hydrogens (primary N) is 2. The Morgan fingerprint density at radius 2 is 1.92 bits per heavy atom. The van der Waals surface area contributed by atoms with Crippen molar-refractivity contribution in [2.45, 2.75) is 18.6 Å². The molecule has 0 bridgehead atoms. The molecule has 1 aromatic carbocycles. The first-order valence-electron chi connectivity index (χ1n) is 7.61. The molecule has 132 valence electrons. The van der Waals surface area contributed by atoms with Crippen LogP contribution in [0.1, 0.15) is 12.5 Å². The highest BCUT2D eigenvalue weighted by molar-refractivity contribution is 7.99. The zero-order valence-electron chi connectivity index (χ0n) is 13.6. The van der Waals surface area contributed by atoms with Crippen molar-refractivity contribution in [1.29, 1.82) is 0 Å². The summed E-state index contributed by atoms with van der Waals surface area (Å²) in [5.41, 5.74) is 12.0. The second-order valence-corrected chi connectivity index (χ2v) is 6.16. The fourth-order valence-corrected chi connectivity index (χ4v) is 3.06. The number of rotatable bonds is 6. The molecular weight excluding hydrogens is 344 g/mol. The fourth-order valence-electron chi connectivity index (χ4n) is 2.31. The molecule has 0 spiro atoms. The smallest absolute Gasteiger partial charge is 0.233 e. The topological polar surface area (TPSA) is 129 Å². The Morgan fingerprint density at radius 1 is 1.20 bits per heavy atom. The maximum atomic E-state index is 12.5. The third kappa shape index (κ3) is 4.21.